The summed E-state index contributed by atoms with van der Waals surface area (Å²) in [4.78, 5) is 4.16. The van der Waals surface area contributed by atoms with Crippen molar-refractivity contribution in [3.05, 3.63) is 36.6 Å². The Labute approximate surface area is 65.1 Å². The molecular formula is C8H8N3. The summed E-state index contributed by atoms with van der Waals surface area (Å²) in [5, 5.41) is 4.12. The largest absolute Gasteiger partial charge is 0.340 e. The average molecular weight is 146 g/mol. The minimum absolute atomic E-state index is 0.928. The summed E-state index contributed by atoms with van der Waals surface area (Å²) in [6.45, 7) is 0. The highest BCUT2D eigenvalue weighted by Gasteiger charge is 2.05. The second-order valence-electron chi connectivity index (χ2n) is 2.45. The molecule has 1 aliphatic rings. The third-order valence-electron chi connectivity index (χ3n) is 1.52. The molecule has 0 spiro atoms. The van der Waals surface area contributed by atoms with Crippen LogP contribution < -0.4 is 5.32 Å². The summed E-state index contributed by atoms with van der Waals surface area (Å²) in [6.07, 6.45) is 9.34. The Bertz CT molecular complexity index is 320. The molecule has 0 amide bonds. The number of hydrogen-bond donors (Lipinski definition) is 0. The minimum atomic E-state index is 0.928. The third kappa shape index (κ3) is 1.05. The quantitative estimate of drug-likeness (QED) is 0.579. The number of imidazole rings is 1. The minimum Gasteiger partial charge on any atom is -0.340 e. The van der Waals surface area contributed by atoms with Crippen molar-refractivity contribution in [3.63, 3.8) is 0 Å². The van der Waals surface area contributed by atoms with Crippen molar-refractivity contribution >= 4 is 5.70 Å². The van der Waals surface area contributed by atoms with Crippen molar-refractivity contribution in [3.8, 4) is 0 Å². The highest BCUT2D eigenvalue weighted by atomic mass is 15.0. The lowest BCUT2D eigenvalue weighted by atomic mass is 10.3. The first-order chi connectivity index (χ1) is 5.36. The van der Waals surface area contributed by atoms with Gasteiger partial charge in [0, 0.05) is 19.4 Å². The van der Waals surface area contributed by atoms with Crippen LogP contribution in [-0.2, 0) is 7.05 Å². The molecule has 11 heavy (non-hydrogen) atoms. The Hall–Kier alpha value is -1.51. The van der Waals surface area contributed by atoms with Crippen molar-refractivity contribution < 1.29 is 0 Å². The summed E-state index contributed by atoms with van der Waals surface area (Å²) in [6, 6.07) is 0. The molecule has 3 nitrogen and oxygen atoms in total. The molecule has 0 atom stereocenters. The van der Waals surface area contributed by atoms with Crippen molar-refractivity contribution in [2.75, 3.05) is 0 Å². The fraction of sp³-hybridized carbons (Fsp3) is 0.125. The number of rotatable bonds is 1. The van der Waals surface area contributed by atoms with Crippen molar-refractivity contribution in [1.29, 1.82) is 0 Å². The topological polar surface area (TPSA) is 31.9 Å². The highest BCUT2D eigenvalue weighted by molar-refractivity contribution is 5.65. The lowest BCUT2D eigenvalue weighted by Gasteiger charge is -1.92. The molecular weight excluding hydrogens is 138 g/mol. The van der Waals surface area contributed by atoms with Gasteiger partial charge in [0.15, 0.2) is 0 Å². The second kappa shape index (κ2) is 2.27. The molecule has 0 aromatic carbocycles. The van der Waals surface area contributed by atoms with Gasteiger partial charge in [-0.2, -0.15) is 0 Å². The van der Waals surface area contributed by atoms with E-state index in [1.165, 1.54) is 0 Å². The molecule has 55 valence electrons. The van der Waals surface area contributed by atoms with E-state index < -0.39 is 0 Å². The zero-order valence-corrected chi connectivity index (χ0v) is 6.23. The van der Waals surface area contributed by atoms with Gasteiger partial charge in [-0.25, -0.2) is 4.98 Å². The molecule has 0 fully saturated rings. The van der Waals surface area contributed by atoms with E-state index in [2.05, 4.69) is 10.3 Å². The summed E-state index contributed by atoms with van der Waals surface area (Å²) in [5.41, 5.74) is 1.86. The smallest absolute Gasteiger partial charge is 0.107 e. The molecule has 1 aliphatic heterocycles. The van der Waals surface area contributed by atoms with Gasteiger partial charge in [0.05, 0.1) is 12.0 Å². The SMILES string of the molecule is Cn1cnc(C2=CC=C[N]2)c1. The second-order valence-corrected chi connectivity index (χ2v) is 2.45. The van der Waals surface area contributed by atoms with Gasteiger partial charge in [0.1, 0.15) is 5.69 Å². The lowest BCUT2D eigenvalue weighted by molar-refractivity contribution is 0.913. The van der Waals surface area contributed by atoms with Crippen LogP contribution in [0, 0.1) is 0 Å². The summed E-state index contributed by atoms with van der Waals surface area (Å²) < 4.78 is 1.91. The van der Waals surface area contributed by atoms with E-state index in [-0.39, 0.29) is 0 Å². The standard InChI is InChI=1S/C8H8N3/c1-11-5-8(10-6-11)7-3-2-4-9-7/h2-6H,1H3. The van der Waals surface area contributed by atoms with Crippen LogP contribution >= 0.6 is 0 Å². The summed E-state index contributed by atoms with van der Waals surface area (Å²) in [7, 11) is 1.94. The van der Waals surface area contributed by atoms with Gasteiger partial charge >= 0.3 is 0 Å². The molecule has 1 aromatic rings. The predicted molar refractivity (Wildman–Crippen MR) is 42.5 cm³/mol. The van der Waals surface area contributed by atoms with E-state index >= 15 is 0 Å². The van der Waals surface area contributed by atoms with Crippen LogP contribution in [0.25, 0.3) is 5.70 Å². The van der Waals surface area contributed by atoms with Crippen LogP contribution in [0.2, 0.25) is 0 Å². The van der Waals surface area contributed by atoms with E-state index in [9.17, 15) is 0 Å². The molecule has 0 N–H and O–H groups in total. The lowest BCUT2D eigenvalue weighted by Crippen LogP contribution is -1.91. The Balaban J connectivity index is 2.30. The molecule has 0 saturated heterocycles. The van der Waals surface area contributed by atoms with E-state index in [0.717, 1.165) is 11.4 Å². The van der Waals surface area contributed by atoms with Crippen LogP contribution in [0.15, 0.2) is 30.9 Å². The maximum absolute atomic E-state index is 4.16. The van der Waals surface area contributed by atoms with Crippen molar-refractivity contribution in [1.82, 2.24) is 14.9 Å². The Morgan fingerprint density at radius 2 is 2.36 bits per heavy atom. The molecule has 0 aliphatic carbocycles. The van der Waals surface area contributed by atoms with Crippen molar-refractivity contribution in [2.24, 2.45) is 7.05 Å². The first kappa shape index (κ1) is 6.22. The van der Waals surface area contributed by atoms with Gasteiger partial charge in [-0.05, 0) is 12.2 Å². The van der Waals surface area contributed by atoms with E-state index in [0.29, 0.717) is 0 Å². The molecule has 2 rings (SSSR count). The Morgan fingerprint density at radius 3 is 2.91 bits per heavy atom. The van der Waals surface area contributed by atoms with Gasteiger partial charge in [-0.1, -0.05) is 0 Å². The molecule has 2 heterocycles. The number of allylic oxidation sites excluding steroid dienone is 2. The zero-order valence-electron chi connectivity index (χ0n) is 6.23. The first-order valence-corrected chi connectivity index (χ1v) is 3.42. The summed E-state index contributed by atoms with van der Waals surface area (Å²) in [5.74, 6) is 0. The number of nitrogens with zero attached hydrogens (tertiary/aromatic N) is 3. The number of aromatic nitrogens is 2. The molecule has 3 heteroatoms. The molecule has 1 aromatic heterocycles. The van der Waals surface area contributed by atoms with Crippen LogP contribution in [0.1, 0.15) is 5.69 Å². The Kier molecular flexibility index (Phi) is 1.28. The number of hydrogen-bond acceptors (Lipinski definition) is 1. The van der Waals surface area contributed by atoms with Crippen molar-refractivity contribution in [2.45, 2.75) is 0 Å². The van der Waals surface area contributed by atoms with Crippen LogP contribution in [0.4, 0.5) is 0 Å². The summed E-state index contributed by atoms with van der Waals surface area (Å²) >= 11 is 0. The van der Waals surface area contributed by atoms with E-state index in [4.69, 9.17) is 0 Å². The van der Waals surface area contributed by atoms with Gasteiger partial charge in [0.25, 0.3) is 0 Å². The third-order valence-corrected chi connectivity index (χ3v) is 1.52. The maximum Gasteiger partial charge on any atom is 0.107 e. The highest BCUT2D eigenvalue weighted by Crippen LogP contribution is 2.12. The maximum atomic E-state index is 4.16. The molecule has 0 saturated carbocycles. The van der Waals surface area contributed by atoms with Crippen LogP contribution in [0.3, 0.4) is 0 Å². The van der Waals surface area contributed by atoms with Gasteiger partial charge in [-0.3, -0.25) is 5.32 Å². The van der Waals surface area contributed by atoms with E-state index in [1.807, 2.05) is 30.0 Å². The van der Waals surface area contributed by atoms with E-state index in [1.54, 1.807) is 12.5 Å². The normalized spacial score (nSPS) is 14.8. The monoisotopic (exact) mass is 146 g/mol. The van der Waals surface area contributed by atoms with Gasteiger partial charge in [0.2, 0.25) is 0 Å². The fourth-order valence-corrected chi connectivity index (χ4v) is 0.997. The van der Waals surface area contributed by atoms with Gasteiger partial charge in [-0.15, -0.1) is 0 Å². The Morgan fingerprint density at radius 1 is 1.45 bits per heavy atom. The van der Waals surface area contributed by atoms with Crippen LogP contribution in [0.5, 0.6) is 0 Å². The average Bonchev–Trinajstić information content (AvgIpc) is 2.55. The van der Waals surface area contributed by atoms with Gasteiger partial charge < -0.3 is 4.57 Å². The molecule has 0 bridgehead atoms. The molecule has 0 unspecified atom stereocenters. The molecule has 1 radical (unpaired) electrons. The van der Waals surface area contributed by atoms with Crippen LogP contribution in [-0.4, -0.2) is 9.55 Å². The predicted octanol–water partition coefficient (Wildman–Crippen LogP) is 0.893. The first-order valence-electron chi connectivity index (χ1n) is 3.42. The number of aryl methyl sites for hydroxylation is 1. The fourth-order valence-electron chi connectivity index (χ4n) is 0.997. The zero-order chi connectivity index (χ0) is 7.68.